The number of pyridine rings is 1. The normalized spacial score (nSPS) is 20.3. The van der Waals surface area contributed by atoms with Crippen molar-refractivity contribution in [2.24, 2.45) is 5.92 Å². The topological polar surface area (TPSA) is 98.8 Å². The molecule has 33 heavy (non-hydrogen) atoms. The average molecular weight is 454 g/mol. The third-order valence-corrected chi connectivity index (χ3v) is 5.97. The van der Waals surface area contributed by atoms with E-state index in [0.717, 1.165) is 30.1 Å². The van der Waals surface area contributed by atoms with Gasteiger partial charge in [-0.2, -0.15) is 0 Å². The summed E-state index contributed by atoms with van der Waals surface area (Å²) >= 11 is 0. The van der Waals surface area contributed by atoms with Crippen LogP contribution in [0.5, 0.6) is 17.4 Å². The lowest BCUT2D eigenvalue weighted by Crippen LogP contribution is -2.55. The average Bonchev–Trinajstić information content (AvgIpc) is 3.53. The Morgan fingerprint density at radius 2 is 1.97 bits per heavy atom. The van der Waals surface area contributed by atoms with Gasteiger partial charge in [0.15, 0.2) is 0 Å². The molecule has 0 saturated heterocycles. The zero-order valence-electron chi connectivity index (χ0n) is 19.7. The van der Waals surface area contributed by atoms with E-state index in [4.69, 9.17) is 14.2 Å². The van der Waals surface area contributed by atoms with Crippen molar-refractivity contribution in [3.05, 3.63) is 42.1 Å². The molecule has 1 aromatic carbocycles. The Bertz CT molecular complexity index is 1050. The standard InChI is InChI=1S/C25H31N3O5/c1-6-25(5,28-23(30)33-24(2,3)4)22(29)27-16-10-11-20(26-13-16)32-19-9-7-8-18-21(19)17-12-15(17)14-31-18/h7-11,13,15,17H,6,12,14H2,1-5H3,(H,27,29)(H,28,30)/t15?,17?,25-/m1/s1. The van der Waals surface area contributed by atoms with E-state index in [-0.39, 0.29) is 5.91 Å². The largest absolute Gasteiger partial charge is 0.493 e. The maximum absolute atomic E-state index is 12.9. The predicted octanol–water partition coefficient (Wildman–Crippen LogP) is 5.00. The van der Waals surface area contributed by atoms with E-state index in [0.29, 0.717) is 29.8 Å². The fourth-order valence-electron chi connectivity index (χ4n) is 3.82. The minimum absolute atomic E-state index is 0.361. The van der Waals surface area contributed by atoms with Gasteiger partial charge in [-0.3, -0.25) is 4.79 Å². The van der Waals surface area contributed by atoms with Crippen molar-refractivity contribution < 1.29 is 23.8 Å². The van der Waals surface area contributed by atoms with Crippen LogP contribution in [0.3, 0.4) is 0 Å². The van der Waals surface area contributed by atoms with Gasteiger partial charge in [0.1, 0.15) is 22.6 Å². The molecule has 0 radical (unpaired) electrons. The lowest BCUT2D eigenvalue weighted by Gasteiger charge is -2.30. The first kappa shape index (κ1) is 22.9. The first-order valence-electron chi connectivity index (χ1n) is 11.3. The van der Waals surface area contributed by atoms with E-state index >= 15 is 0 Å². The van der Waals surface area contributed by atoms with Crippen LogP contribution in [-0.4, -0.2) is 34.7 Å². The number of benzene rings is 1. The van der Waals surface area contributed by atoms with Gasteiger partial charge >= 0.3 is 6.09 Å². The quantitative estimate of drug-likeness (QED) is 0.639. The Hall–Kier alpha value is -3.29. The van der Waals surface area contributed by atoms with Crippen molar-refractivity contribution in [3.63, 3.8) is 0 Å². The molecule has 2 aliphatic rings. The summed E-state index contributed by atoms with van der Waals surface area (Å²) in [4.78, 5) is 29.4. The summed E-state index contributed by atoms with van der Waals surface area (Å²) in [5.74, 6) is 2.77. The van der Waals surface area contributed by atoms with Crippen LogP contribution >= 0.6 is 0 Å². The van der Waals surface area contributed by atoms with E-state index in [1.807, 2.05) is 25.1 Å². The molecule has 0 spiro atoms. The van der Waals surface area contributed by atoms with Crippen LogP contribution in [0.15, 0.2) is 36.5 Å². The Balaban J connectivity index is 1.40. The van der Waals surface area contributed by atoms with E-state index in [1.54, 1.807) is 39.8 Å². The first-order chi connectivity index (χ1) is 15.6. The van der Waals surface area contributed by atoms with Crippen molar-refractivity contribution in [1.82, 2.24) is 10.3 Å². The number of hydrogen-bond acceptors (Lipinski definition) is 6. The van der Waals surface area contributed by atoms with E-state index in [9.17, 15) is 9.59 Å². The molecular formula is C25H31N3O5. The second kappa shape index (κ2) is 8.57. The summed E-state index contributed by atoms with van der Waals surface area (Å²) in [6.07, 6.45) is 2.40. The number of carbonyl (C=O) groups excluding carboxylic acids is 2. The number of ether oxygens (including phenoxy) is 3. The number of rotatable bonds is 6. The summed E-state index contributed by atoms with van der Waals surface area (Å²) in [6.45, 7) is 9.56. The molecule has 2 unspecified atom stereocenters. The smallest absolute Gasteiger partial charge is 0.408 e. The van der Waals surface area contributed by atoms with Crippen molar-refractivity contribution >= 4 is 17.7 Å². The number of hydrogen-bond donors (Lipinski definition) is 2. The zero-order valence-corrected chi connectivity index (χ0v) is 19.7. The molecule has 2 aromatic rings. The van der Waals surface area contributed by atoms with Gasteiger partial charge in [0.05, 0.1) is 18.5 Å². The SMILES string of the molecule is CC[C@@](C)(NC(=O)OC(C)(C)C)C(=O)Nc1ccc(Oc2cccc3c2C2CC2CO3)nc1. The molecule has 2 heterocycles. The second-order valence-electron chi connectivity index (χ2n) is 9.84. The van der Waals surface area contributed by atoms with Crippen LogP contribution in [0.1, 0.15) is 58.9 Å². The van der Waals surface area contributed by atoms with Crippen molar-refractivity contribution in [2.75, 3.05) is 11.9 Å². The summed E-state index contributed by atoms with van der Waals surface area (Å²) in [5.41, 5.74) is -0.181. The molecule has 3 atom stereocenters. The Kier molecular flexibility index (Phi) is 5.95. The van der Waals surface area contributed by atoms with Crippen LogP contribution in [0.4, 0.5) is 10.5 Å². The highest BCUT2D eigenvalue weighted by Crippen LogP contribution is 2.57. The first-order valence-corrected chi connectivity index (χ1v) is 11.3. The van der Waals surface area contributed by atoms with Crippen LogP contribution in [-0.2, 0) is 9.53 Å². The molecule has 4 rings (SSSR count). The summed E-state index contributed by atoms with van der Waals surface area (Å²) < 4.78 is 17.2. The Morgan fingerprint density at radius 1 is 1.18 bits per heavy atom. The Labute approximate surface area is 194 Å². The molecule has 1 aliphatic carbocycles. The molecule has 176 valence electrons. The van der Waals surface area contributed by atoms with Gasteiger partial charge in [-0.25, -0.2) is 9.78 Å². The summed E-state index contributed by atoms with van der Waals surface area (Å²) in [6, 6.07) is 9.23. The molecule has 8 heteroatoms. The number of alkyl carbamates (subject to hydrolysis) is 1. The van der Waals surface area contributed by atoms with Gasteiger partial charge in [-0.05, 0) is 64.7 Å². The van der Waals surface area contributed by atoms with Gasteiger partial charge in [-0.15, -0.1) is 0 Å². The molecule has 1 saturated carbocycles. The molecule has 1 aromatic heterocycles. The molecule has 2 amide bonds. The lowest BCUT2D eigenvalue weighted by atomic mass is 9.98. The van der Waals surface area contributed by atoms with Crippen LogP contribution in [0, 0.1) is 5.92 Å². The van der Waals surface area contributed by atoms with E-state index < -0.39 is 17.2 Å². The van der Waals surface area contributed by atoms with Crippen molar-refractivity contribution in [2.45, 2.75) is 64.5 Å². The number of nitrogens with zero attached hydrogens (tertiary/aromatic N) is 1. The summed E-state index contributed by atoms with van der Waals surface area (Å²) in [7, 11) is 0. The fraction of sp³-hybridized carbons (Fsp3) is 0.480. The fourth-order valence-corrected chi connectivity index (χ4v) is 3.82. The maximum atomic E-state index is 12.9. The van der Waals surface area contributed by atoms with Crippen molar-refractivity contribution in [3.8, 4) is 17.4 Å². The van der Waals surface area contributed by atoms with Crippen LogP contribution in [0.2, 0.25) is 0 Å². The molecular weight excluding hydrogens is 422 g/mol. The number of nitrogens with one attached hydrogen (secondary N) is 2. The minimum Gasteiger partial charge on any atom is -0.493 e. The number of aromatic nitrogens is 1. The molecule has 2 N–H and O–H groups in total. The molecule has 1 fully saturated rings. The Morgan fingerprint density at radius 3 is 2.64 bits per heavy atom. The van der Waals surface area contributed by atoms with Crippen molar-refractivity contribution in [1.29, 1.82) is 0 Å². The number of carbonyl (C=O) groups is 2. The van der Waals surface area contributed by atoms with Gasteiger partial charge < -0.3 is 24.8 Å². The second-order valence-corrected chi connectivity index (χ2v) is 9.84. The van der Waals surface area contributed by atoms with Gasteiger partial charge in [0.2, 0.25) is 11.8 Å². The maximum Gasteiger partial charge on any atom is 0.408 e. The van der Waals surface area contributed by atoms with E-state index in [2.05, 4.69) is 15.6 Å². The number of amides is 2. The molecule has 1 aliphatic heterocycles. The van der Waals surface area contributed by atoms with Gasteiger partial charge in [0.25, 0.3) is 0 Å². The highest BCUT2D eigenvalue weighted by atomic mass is 16.6. The predicted molar refractivity (Wildman–Crippen MR) is 124 cm³/mol. The third-order valence-electron chi connectivity index (χ3n) is 5.97. The van der Waals surface area contributed by atoms with Crippen LogP contribution < -0.4 is 20.1 Å². The zero-order chi connectivity index (χ0) is 23.8. The van der Waals surface area contributed by atoms with Gasteiger partial charge in [0, 0.05) is 17.5 Å². The lowest BCUT2D eigenvalue weighted by molar-refractivity contribution is -0.122. The number of anilines is 1. The monoisotopic (exact) mass is 453 g/mol. The van der Waals surface area contributed by atoms with Crippen LogP contribution in [0.25, 0.3) is 0 Å². The van der Waals surface area contributed by atoms with Gasteiger partial charge in [-0.1, -0.05) is 13.0 Å². The minimum atomic E-state index is -1.14. The molecule has 0 bridgehead atoms. The van der Waals surface area contributed by atoms with E-state index in [1.165, 1.54) is 6.20 Å². The third kappa shape index (κ3) is 5.21. The highest BCUT2D eigenvalue weighted by molar-refractivity contribution is 5.99. The number of fused-ring (bicyclic) bond motifs is 3. The molecule has 8 nitrogen and oxygen atoms in total. The summed E-state index contributed by atoms with van der Waals surface area (Å²) in [5, 5.41) is 5.48. The highest BCUT2D eigenvalue weighted by Gasteiger charge is 2.45.